The predicted molar refractivity (Wildman–Crippen MR) is 65.8 cm³/mol. The largest absolute Gasteiger partial charge is 0.396 e. The summed E-state index contributed by atoms with van der Waals surface area (Å²) < 4.78 is 0. The van der Waals surface area contributed by atoms with Gasteiger partial charge < -0.3 is 10.4 Å². The van der Waals surface area contributed by atoms with Crippen LogP contribution >= 0.6 is 23.2 Å². The van der Waals surface area contributed by atoms with Gasteiger partial charge in [0, 0.05) is 13.2 Å². The van der Waals surface area contributed by atoms with E-state index in [2.05, 4.69) is 5.32 Å². The van der Waals surface area contributed by atoms with Crippen LogP contribution in [0.3, 0.4) is 0 Å². The lowest BCUT2D eigenvalue weighted by atomic mass is 10.1. The molecule has 0 heterocycles. The molecule has 15 heavy (non-hydrogen) atoms. The minimum absolute atomic E-state index is 0.182. The van der Waals surface area contributed by atoms with E-state index in [1.54, 1.807) is 6.07 Å². The van der Waals surface area contributed by atoms with Crippen LogP contribution in [0.25, 0.3) is 0 Å². The molecule has 1 atom stereocenters. The lowest BCUT2D eigenvalue weighted by Gasteiger charge is -2.14. The molecule has 0 saturated heterocycles. The van der Waals surface area contributed by atoms with Gasteiger partial charge in [0.05, 0.1) is 15.7 Å². The minimum atomic E-state index is 0.182. The molecule has 0 aliphatic rings. The molecule has 0 amide bonds. The molecule has 2 nitrogen and oxygen atoms in total. The van der Waals surface area contributed by atoms with E-state index in [1.807, 2.05) is 19.1 Å². The molecule has 0 bridgehead atoms. The summed E-state index contributed by atoms with van der Waals surface area (Å²) >= 11 is 11.9. The second kappa shape index (κ2) is 6.21. The second-order valence-corrected chi connectivity index (χ2v) is 4.22. The number of aliphatic hydroxyl groups excluding tert-OH is 1. The van der Waals surface area contributed by atoms with Crippen LogP contribution in [0.4, 0.5) is 5.69 Å². The Balaban J connectivity index is 2.61. The normalized spacial score (nSPS) is 12.5. The molecule has 2 N–H and O–H groups in total. The fourth-order valence-electron chi connectivity index (χ4n) is 1.23. The summed E-state index contributed by atoms with van der Waals surface area (Å²) in [4.78, 5) is 0. The highest BCUT2D eigenvalue weighted by molar-refractivity contribution is 6.43. The Labute approximate surface area is 100 Å². The first-order chi connectivity index (χ1) is 7.19. The number of anilines is 1. The van der Waals surface area contributed by atoms with Crippen LogP contribution in [0, 0.1) is 5.92 Å². The van der Waals surface area contributed by atoms with Gasteiger partial charge in [-0.05, 0) is 24.5 Å². The molecule has 1 aromatic carbocycles. The topological polar surface area (TPSA) is 32.3 Å². The molecular formula is C11H15Cl2NO. The van der Waals surface area contributed by atoms with Crippen LogP contribution in [0.5, 0.6) is 0 Å². The van der Waals surface area contributed by atoms with E-state index in [0.717, 1.165) is 12.1 Å². The average Bonchev–Trinajstić information content (AvgIpc) is 2.25. The Morgan fingerprint density at radius 3 is 2.73 bits per heavy atom. The van der Waals surface area contributed by atoms with Crippen molar-refractivity contribution in [1.82, 2.24) is 0 Å². The molecular weight excluding hydrogens is 233 g/mol. The summed E-state index contributed by atoms with van der Waals surface area (Å²) in [5.74, 6) is 0.250. The van der Waals surface area contributed by atoms with Crippen molar-refractivity contribution in [2.75, 3.05) is 18.5 Å². The third-order valence-corrected chi connectivity index (χ3v) is 3.19. The molecule has 84 valence electrons. The predicted octanol–water partition coefficient (Wildman–Crippen LogP) is 3.42. The fourth-order valence-corrected chi connectivity index (χ4v) is 1.60. The van der Waals surface area contributed by atoms with Crippen molar-refractivity contribution in [2.45, 2.75) is 13.3 Å². The highest BCUT2D eigenvalue weighted by atomic mass is 35.5. The maximum Gasteiger partial charge on any atom is 0.0823 e. The molecule has 0 saturated carbocycles. The molecule has 1 rings (SSSR count). The highest BCUT2D eigenvalue weighted by Crippen LogP contribution is 2.29. The summed E-state index contributed by atoms with van der Waals surface area (Å²) in [6.07, 6.45) is 0.932. The van der Waals surface area contributed by atoms with Crippen molar-refractivity contribution in [3.8, 4) is 0 Å². The van der Waals surface area contributed by atoms with Gasteiger partial charge in [-0.25, -0.2) is 0 Å². The fraction of sp³-hybridized carbons (Fsp3) is 0.455. The lowest BCUT2D eigenvalue weighted by Crippen LogP contribution is -2.17. The zero-order chi connectivity index (χ0) is 11.3. The SMILES string of the molecule is CCC(CO)CNc1cccc(Cl)c1Cl. The van der Waals surface area contributed by atoms with E-state index in [-0.39, 0.29) is 12.5 Å². The zero-order valence-corrected chi connectivity index (χ0v) is 10.1. The van der Waals surface area contributed by atoms with Crippen LogP contribution in [-0.4, -0.2) is 18.3 Å². The van der Waals surface area contributed by atoms with Gasteiger partial charge in [-0.2, -0.15) is 0 Å². The smallest absolute Gasteiger partial charge is 0.0823 e. The van der Waals surface area contributed by atoms with Gasteiger partial charge in [0.15, 0.2) is 0 Å². The number of halogens is 2. The number of nitrogens with one attached hydrogen (secondary N) is 1. The first-order valence-electron chi connectivity index (χ1n) is 4.97. The zero-order valence-electron chi connectivity index (χ0n) is 8.63. The van der Waals surface area contributed by atoms with Crippen molar-refractivity contribution in [2.24, 2.45) is 5.92 Å². The molecule has 0 fully saturated rings. The Morgan fingerprint density at radius 1 is 1.40 bits per heavy atom. The van der Waals surface area contributed by atoms with Crippen molar-refractivity contribution in [3.63, 3.8) is 0 Å². The number of hydrogen-bond acceptors (Lipinski definition) is 2. The summed E-state index contributed by atoms with van der Waals surface area (Å²) in [5.41, 5.74) is 0.816. The average molecular weight is 248 g/mol. The number of benzene rings is 1. The quantitative estimate of drug-likeness (QED) is 0.836. The van der Waals surface area contributed by atoms with Gasteiger partial charge in [-0.3, -0.25) is 0 Å². The standard InChI is InChI=1S/C11H15Cl2NO/c1-2-8(7-15)6-14-10-5-3-4-9(12)11(10)13/h3-5,8,14-15H,2,6-7H2,1H3. The van der Waals surface area contributed by atoms with E-state index in [0.29, 0.717) is 16.6 Å². The first kappa shape index (κ1) is 12.6. The molecule has 0 aliphatic carbocycles. The lowest BCUT2D eigenvalue weighted by molar-refractivity contribution is 0.230. The summed E-state index contributed by atoms with van der Waals surface area (Å²) in [6, 6.07) is 5.47. The van der Waals surface area contributed by atoms with Crippen LogP contribution in [0.15, 0.2) is 18.2 Å². The Morgan fingerprint density at radius 2 is 2.13 bits per heavy atom. The van der Waals surface area contributed by atoms with Crippen molar-refractivity contribution in [3.05, 3.63) is 28.2 Å². The van der Waals surface area contributed by atoms with Crippen molar-refractivity contribution < 1.29 is 5.11 Å². The van der Waals surface area contributed by atoms with Gasteiger partial charge in [-0.1, -0.05) is 36.2 Å². The third kappa shape index (κ3) is 3.56. The van der Waals surface area contributed by atoms with Crippen molar-refractivity contribution >= 4 is 28.9 Å². The van der Waals surface area contributed by atoms with Crippen LogP contribution < -0.4 is 5.32 Å². The molecule has 0 aromatic heterocycles. The van der Waals surface area contributed by atoms with Crippen LogP contribution in [0.1, 0.15) is 13.3 Å². The Hall–Kier alpha value is -0.440. The second-order valence-electron chi connectivity index (χ2n) is 3.44. The van der Waals surface area contributed by atoms with Gasteiger partial charge in [0.25, 0.3) is 0 Å². The van der Waals surface area contributed by atoms with Gasteiger partial charge in [-0.15, -0.1) is 0 Å². The Kier molecular flexibility index (Phi) is 5.23. The van der Waals surface area contributed by atoms with Crippen LogP contribution in [0.2, 0.25) is 10.0 Å². The maximum atomic E-state index is 9.03. The monoisotopic (exact) mass is 247 g/mol. The summed E-state index contributed by atoms with van der Waals surface area (Å²) in [6.45, 7) is 2.93. The van der Waals surface area contributed by atoms with E-state index >= 15 is 0 Å². The van der Waals surface area contributed by atoms with Crippen LogP contribution in [-0.2, 0) is 0 Å². The third-order valence-electron chi connectivity index (χ3n) is 2.37. The van der Waals surface area contributed by atoms with Gasteiger partial charge in [0.2, 0.25) is 0 Å². The van der Waals surface area contributed by atoms with E-state index < -0.39 is 0 Å². The van der Waals surface area contributed by atoms with Gasteiger partial charge >= 0.3 is 0 Å². The highest BCUT2D eigenvalue weighted by Gasteiger charge is 2.07. The first-order valence-corrected chi connectivity index (χ1v) is 5.73. The molecule has 4 heteroatoms. The number of aliphatic hydroxyl groups is 1. The van der Waals surface area contributed by atoms with Crippen molar-refractivity contribution in [1.29, 1.82) is 0 Å². The summed E-state index contributed by atoms with van der Waals surface area (Å²) in [7, 11) is 0. The molecule has 0 radical (unpaired) electrons. The van der Waals surface area contributed by atoms with E-state index in [4.69, 9.17) is 28.3 Å². The van der Waals surface area contributed by atoms with Gasteiger partial charge in [0.1, 0.15) is 0 Å². The molecule has 1 aromatic rings. The molecule has 1 unspecified atom stereocenters. The van der Waals surface area contributed by atoms with E-state index in [1.165, 1.54) is 0 Å². The van der Waals surface area contributed by atoms with E-state index in [9.17, 15) is 0 Å². The minimum Gasteiger partial charge on any atom is -0.396 e. The maximum absolute atomic E-state index is 9.03. The summed E-state index contributed by atoms with van der Waals surface area (Å²) in [5, 5.41) is 13.3. The molecule has 0 spiro atoms. The molecule has 0 aliphatic heterocycles. The number of hydrogen-bond donors (Lipinski definition) is 2. The number of rotatable bonds is 5. The Bertz CT molecular complexity index is 313.